The number of nitrogens with one attached hydrogen (secondary N) is 1. The summed E-state index contributed by atoms with van der Waals surface area (Å²) in [5.74, 6) is 0.714. The molecule has 0 aliphatic heterocycles. The maximum atomic E-state index is 13.6. The number of ether oxygens (including phenoxy) is 2. The van der Waals surface area contributed by atoms with Crippen molar-refractivity contribution < 1.29 is 19.1 Å². The van der Waals surface area contributed by atoms with Crippen LogP contribution in [0.2, 0.25) is 0 Å². The van der Waals surface area contributed by atoms with Gasteiger partial charge in [-0.2, -0.15) is 0 Å². The van der Waals surface area contributed by atoms with Gasteiger partial charge >= 0.3 is 0 Å². The number of benzene rings is 3. The predicted octanol–water partition coefficient (Wildman–Crippen LogP) is 5.50. The summed E-state index contributed by atoms with van der Waals surface area (Å²) in [4.78, 5) is 28.0. The third-order valence-electron chi connectivity index (χ3n) is 5.83. The largest absolute Gasteiger partial charge is 0.497 e. The number of nitrogens with zero attached hydrogens (tertiary/aromatic N) is 1. The summed E-state index contributed by atoms with van der Waals surface area (Å²) in [6.45, 7) is 4.31. The summed E-state index contributed by atoms with van der Waals surface area (Å²) in [5.41, 5.74) is 3.38. The van der Waals surface area contributed by atoms with Gasteiger partial charge in [0.2, 0.25) is 5.91 Å². The van der Waals surface area contributed by atoms with Gasteiger partial charge in [0.05, 0.1) is 20.3 Å². The number of aryl methyl sites for hydroxylation is 1. The van der Waals surface area contributed by atoms with E-state index in [9.17, 15) is 9.59 Å². The lowest BCUT2D eigenvalue weighted by molar-refractivity contribution is -0.116. The summed E-state index contributed by atoms with van der Waals surface area (Å²) >= 11 is 0. The number of carbonyl (C=O) groups excluding carboxylic acids is 2. The highest BCUT2D eigenvalue weighted by Crippen LogP contribution is 2.27. The molecule has 0 heterocycles. The Bertz CT molecular complexity index is 1070. The molecule has 1 unspecified atom stereocenters. The number of anilines is 1. The Morgan fingerprint density at radius 2 is 1.53 bits per heavy atom. The molecule has 3 rings (SSSR count). The van der Waals surface area contributed by atoms with E-state index in [4.69, 9.17) is 9.47 Å². The standard InChI is InChI=1S/C28H32N2O4/c1-5-21-11-13-24(14-12-21)29-27(31)15-16-30(20(2)22-9-7-6-8-10-22)28(32)23-17-25(33-3)19-26(18-23)34-4/h6-14,17-20H,5,15-16H2,1-4H3,(H,29,31). The molecule has 34 heavy (non-hydrogen) atoms. The quantitative estimate of drug-likeness (QED) is 0.434. The molecule has 2 amide bonds. The summed E-state index contributed by atoms with van der Waals surface area (Å²) < 4.78 is 10.7. The highest BCUT2D eigenvalue weighted by Gasteiger charge is 2.24. The normalized spacial score (nSPS) is 11.4. The van der Waals surface area contributed by atoms with Crippen molar-refractivity contribution >= 4 is 17.5 Å². The highest BCUT2D eigenvalue weighted by molar-refractivity contribution is 5.96. The zero-order valence-corrected chi connectivity index (χ0v) is 20.2. The van der Waals surface area contributed by atoms with Crippen LogP contribution in [0.15, 0.2) is 72.8 Å². The van der Waals surface area contributed by atoms with Gasteiger partial charge in [-0.3, -0.25) is 9.59 Å². The molecule has 0 aromatic heterocycles. The van der Waals surface area contributed by atoms with Crippen LogP contribution in [0.5, 0.6) is 11.5 Å². The lowest BCUT2D eigenvalue weighted by atomic mass is 10.0. The van der Waals surface area contributed by atoms with Crippen molar-refractivity contribution in [2.24, 2.45) is 0 Å². The maximum absolute atomic E-state index is 13.6. The Morgan fingerprint density at radius 3 is 2.09 bits per heavy atom. The molecule has 0 bridgehead atoms. The Balaban J connectivity index is 1.80. The molecule has 3 aromatic rings. The molecule has 0 aliphatic carbocycles. The number of methoxy groups -OCH3 is 2. The van der Waals surface area contributed by atoms with Gasteiger partial charge in [-0.05, 0) is 48.7 Å². The fourth-order valence-corrected chi connectivity index (χ4v) is 3.75. The zero-order chi connectivity index (χ0) is 24.5. The van der Waals surface area contributed by atoms with Crippen molar-refractivity contribution in [3.63, 3.8) is 0 Å². The zero-order valence-electron chi connectivity index (χ0n) is 20.2. The summed E-state index contributed by atoms with van der Waals surface area (Å²) in [7, 11) is 3.09. The Hall–Kier alpha value is -3.80. The molecule has 6 heteroatoms. The van der Waals surface area contributed by atoms with Crippen molar-refractivity contribution in [1.82, 2.24) is 4.90 Å². The van der Waals surface area contributed by atoms with Gasteiger partial charge in [0.15, 0.2) is 0 Å². The SMILES string of the molecule is CCc1ccc(NC(=O)CCN(C(=O)c2cc(OC)cc(OC)c2)C(C)c2ccccc2)cc1. The summed E-state index contributed by atoms with van der Waals surface area (Å²) in [6.07, 6.45) is 1.11. The van der Waals surface area contributed by atoms with E-state index in [-0.39, 0.29) is 30.8 Å². The van der Waals surface area contributed by atoms with E-state index < -0.39 is 0 Å². The molecule has 0 spiro atoms. The van der Waals surface area contributed by atoms with Crippen molar-refractivity contribution in [2.45, 2.75) is 32.7 Å². The average Bonchev–Trinajstić information content (AvgIpc) is 2.89. The first-order valence-electron chi connectivity index (χ1n) is 11.4. The van der Waals surface area contributed by atoms with E-state index in [1.165, 1.54) is 5.56 Å². The van der Waals surface area contributed by atoms with E-state index in [2.05, 4.69) is 12.2 Å². The minimum absolute atomic E-state index is 0.148. The molecular weight excluding hydrogens is 428 g/mol. The minimum atomic E-state index is -0.234. The lowest BCUT2D eigenvalue weighted by Crippen LogP contribution is -2.36. The predicted molar refractivity (Wildman–Crippen MR) is 135 cm³/mol. The fourth-order valence-electron chi connectivity index (χ4n) is 3.75. The van der Waals surface area contributed by atoms with Crippen molar-refractivity contribution in [3.05, 3.63) is 89.5 Å². The van der Waals surface area contributed by atoms with Gasteiger partial charge in [-0.1, -0.05) is 49.4 Å². The van der Waals surface area contributed by atoms with Gasteiger partial charge in [0.25, 0.3) is 5.91 Å². The topological polar surface area (TPSA) is 67.9 Å². The third kappa shape index (κ3) is 6.38. The van der Waals surface area contributed by atoms with E-state index in [0.29, 0.717) is 17.1 Å². The second kappa shape index (κ2) is 11.9. The first-order chi connectivity index (χ1) is 16.4. The van der Waals surface area contributed by atoms with Crippen LogP contribution in [0.25, 0.3) is 0 Å². The first kappa shape index (κ1) is 24.8. The van der Waals surface area contributed by atoms with Crippen LogP contribution in [0, 0.1) is 0 Å². The molecular formula is C28H32N2O4. The second-order valence-corrected chi connectivity index (χ2v) is 8.04. The Labute approximate surface area is 201 Å². The number of hydrogen-bond donors (Lipinski definition) is 1. The van der Waals surface area contributed by atoms with Gasteiger partial charge in [0.1, 0.15) is 11.5 Å². The molecule has 6 nitrogen and oxygen atoms in total. The minimum Gasteiger partial charge on any atom is -0.497 e. The number of rotatable bonds is 10. The number of amides is 2. The van der Waals surface area contributed by atoms with Gasteiger partial charge in [-0.15, -0.1) is 0 Å². The Kier molecular flexibility index (Phi) is 8.68. The number of carbonyl (C=O) groups is 2. The number of hydrogen-bond acceptors (Lipinski definition) is 4. The van der Waals surface area contributed by atoms with E-state index in [1.807, 2.05) is 61.5 Å². The lowest BCUT2D eigenvalue weighted by Gasteiger charge is -2.30. The van der Waals surface area contributed by atoms with Crippen molar-refractivity contribution in [2.75, 3.05) is 26.1 Å². The fraction of sp³-hybridized carbons (Fsp3) is 0.286. The van der Waals surface area contributed by atoms with E-state index in [1.54, 1.807) is 37.3 Å². The molecule has 1 N–H and O–H groups in total. The summed E-state index contributed by atoms with van der Waals surface area (Å²) in [6, 6.07) is 22.4. The molecule has 0 radical (unpaired) electrons. The average molecular weight is 461 g/mol. The smallest absolute Gasteiger partial charge is 0.254 e. The van der Waals surface area contributed by atoms with Gasteiger partial charge in [0, 0.05) is 30.3 Å². The van der Waals surface area contributed by atoms with Gasteiger partial charge in [-0.25, -0.2) is 0 Å². The van der Waals surface area contributed by atoms with Crippen LogP contribution in [-0.2, 0) is 11.2 Å². The first-order valence-corrected chi connectivity index (χ1v) is 11.4. The molecule has 0 saturated heterocycles. The van der Waals surface area contributed by atoms with Crippen LogP contribution in [0.4, 0.5) is 5.69 Å². The molecule has 0 saturated carbocycles. The monoisotopic (exact) mass is 460 g/mol. The molecule has 0 aliphatic rings. The second-order valence-electron chi connectivity index (χ2n) is 8.04. The van der Waals surface area contributed by atoms with Crippen molar-refractivity contribution in [1.29, 1.82) is 0 Å². The van der Waals surface area contributed by atoms with Gasteiger partial charge < -0.3 is 19.7 Å². The highest BCUT2D eigenvalue weighted by atomic mass is 16.5. The van der Waals surface area contributed by atoms with Crippen LogP contribution < -0.4 is 14.8 Å². The maximum Gasteiger partial charge on any atom is 0.254 e. The van der Waals surface area contributed by atoms with Crippen molar-refractivity contribution in [3.8, 4) is 11.5 Å². The van der Waals surface area contributed by atoms with Crippen LogP contribution >= 0.6 is 0 Å². The van der Waals surface area contributed by atoms with Crippen LogP contribution in [-0.4, -0.2) is 37.5 Å². The summed E-state index contributed by atoms with van der Waals surface area (Å²) in [5, 5.41) is 2.93. The Morgan fingerprint density at radius 1 is 0.912 bits per heavy atom. The molecule has 1 atom stereocenters. The molecule has 3 aromatic carbocycles. The van der Waals surface area contributed by atoms with E-state index in [0.717, 1.165) is 17.7 Å². The van der Waals surface area contributed by atoms with E-state index >= 15 is 0 Å². The van der Waals surface area contributed by atoms with Crippen LogP contribution in [0.3, 0.4) is 0 Å². The molecule has 178 valence electrons. The van der Waals surface area contributed by atoms with Crippen LogP contribution in [0.1, 0.15) is 47.8 Å². The third-order valence-corrected chi connectivity index (χ3v) is 5.83. The molecule has 0 fully saturated rings.